The zero-order chi connectivity index (χ0) is 23.8. The minimum atomic E-state index is -0.615. The molecule has 0 bridgehead atoms. The van der Waals surface area contributed by atoms with Crippen LogP contribution in [0.15, 0.2) is 53.9 Å². The summed E-state index contributed by atoms with van der Waals surface area (Å²) >= 11 is 1.14. The number of nitrogens with one attached hydrogen (secondary N) is 2. The summed E-state index contributed by atoms with van der Waals surface area (Å²) in [4.78, 5) is 29.6. The molecular weight excluding hydrogens is 448 g/mol. The van der Waals surface area contributed by atoms with Crippen molar-refractivity contribution in [3.63, 3.8) is 0 Å². The highest BCUT2D eigenvalue weighted by molar-refractivity contribution is 7.14. The van der Waals surface area contributed by atoms with Gasteiger partial charge in [0.15, 0.2) is 5.13 Å². The van der Waals surface area contributed by atoms with Gasteiger partial charge < -0.3 is 10.6 Å². The van der Waals surface area contributed by atoms with Crippen molar-refractivity contribution in [3.8, 4) is 6.07 Å². The van der Waals surface area contributed by atoms with Crippen molar-refractivity contribution in [2.75, 3.05) is 23.3 Å². The average Bonchev–Trinajstić information content (AvgIpc) is 3.25. The van der Waals surface area contributed by atoms with Gasteiger partial charge >= 0.3 is 0 Å². The van der Waals surface area contributed by atoms with Gasteiger partial charge in [-0.3, -0.25) is 14.5 Å². The monoisotopic (exact) mass is 467 g/mol. The fourth-order valence-corrected chi connectivity index (χ4v) is 3.73. The quantitative estimate of drug-likeness (QED) is 0.382. The number of para-hydroxylation sites is 1. The molecule has 2 aromatic carbocycles. The first-order valence-corrected chi connectivity index (χ1v) is 10.7. The van der Waals surface area contributed by atoms with Crippen LogP contribution in [0.2, 0.25) is 0 Å². The van der Waals surface area contributed by atoms with Crippen LogP contribution in [-0.2, 0) is 9.59 Å². The van der Waals surface area contributed by atoms with E-state index in [1.165, 1.54) is 54.3 Å². The summed E-state index contributed by atoms with van der Waals surface area (Å²) in [5.74, 6) is -1.94. The fourth-order valence-electron chi connectivity index (χ4n) is 2.88. The molecule has 3 rings (SSSR count). The number of amides is 2. The maximum Gasteiger partial charge on any atom is 0.244 e. The maximum atomic E-state index is 14.1. The van der Waals surface area contributed by atoms with E-state index in [9.17, 15) is 18.4 Å². The summed E-state index contributed by atoms with van der Waals surface area (Å²) in [6, 6.07) is 12.0. The summed E-state index contributed by atoms with van der Waals surface area (Å²) in [6.07, 6.45) is 2.76. The fraction of sp³-hybridized carbons (Fsp3) is 0.130. The number of carbonyl (C=O) groups excluding carboxylic acids is 2. The SMILES string of the molecule is CC(=O)N(c1nc(C=CC(=O)NCCNc2cccc(F)c2C#N)cs1)c1ccccc1F. The van der Waals surface area contributed by atoms with E-state index in [1.807, 2.05) is 0 Å². The van der Waals surface area contributed by atoms with Gasteiger partial charge in [-0.05, 0) is 30.3 Å². The van der Waals surface area contributed by atoms with Crippen LogP contribution < -0.4 is 15.5 Å². The molecule has 2 amide bonds. The van der Waals surface area contributed by atoms with Crippen molar-refractivity contribution >= 4 is 45.7 Å². The van der Waals surface area contributed by atoms with Gasteiger partial charge in [0.1, 0.15) is 23.3 Å². The first-order chi connectivity index (χ1) is 15.9. The van der Waals surface area contributed by atoms with E-state index in [0.717, 1.165) is 11.3 Å². The molecule has 0 unspecified atom stereocenters. The highest BCUT2D eigenvalue weighted by Crippen LogP contribution is 2.30. The van der Waals surface area contributed by atoms with Gasteiger partial charge in [0.2, 0.25) is 11.8 Å². The largest absolute Gasteiger partial charge is 0.382 e. The molecule has 0 spiro atoms. The minimum absolute atomic E-state index is 0.0851. The molecule has 2 N–H and O–H groups in total. The lowest BCUT2D eigenvalue weighted by molar-refractivity contribution is -0.117. The van der Waals surface area contributed by atoms with Crippen LogP contribution in [0.25, 0.3) is 6.08 Å². The summed E-state index contributed by atoms with van der Waals surface area (Å²) in [6.45, 7) is 1.83. The lowest BCUT2D eigenvalue weighted by atomic mass is 10.2. The third kappa shape index (κ3) is 5.99. The third-order valence-electron chi connectivity index (χ3n) is 4.38. The standard InChI is InChI=1S/C23H19F2N5O2S/c1-15(31)30(21-8-3-2-5-19(21)25)23-29-16(14-33-23)9-10-22(32)28-12-11-27-20-7-4-6-18(24)17(20)13-26/h2-10,14,27H,11-12H2,1H3,(H,28,32). The Kier molecular flexibility index (Phi) is 7.83. The number of halogens is 2. The normalized spacial score (nSPS) is 10.6. The Morgan fingerprint density at radius 3 is 2.64 bits per heavy atom. The van der Waals surface area contributed by atoms with E-state index in [4.69, 9.17) is 5.26 Å². The van der Waals surface area contributed by atoms with Crippen molar-refractivity contribution in [1.29, 1.82) is 5.26 Å². The van der Waals surface area contributed by atoms with E-state index >= 15 is 0 Å². The molecular formula is C23H19F2N5O2S. The molecule has 7 nitrogen and oxygen atoms in total. The van der Waals surface area contributed by atoms with E-state index in [0.29, 0.717) is 11.4 Å². The van der Waals surface area contributed by atoms with Crippen LogP contribution >= 0.6 is 11.3 Å². The van der Waals surface area contributed by atoms with Crippen LogP contribution in [-0.4, -0.2) is 29.9 Å². The average molecular weight is 468 g/mol. The number of hydrogen-bond donors (Lipinski definition) is 2. The summed E-state index contributed by atoms with van der Waals surface area (Å²) in [5.41, 5.74) is 0.794. The van der Waals surface area contributed by atoms with Gasteiger partial charge in [0.25, 0.3) is 0 Å². The topological polar surface area (TPSA) is 98.1 Å². The molecule has 0 aliphatic heterocycles. The van der Waals surface area contributed by atoms with Crippen LogP contribution in [0.3, 0.4) is 0 Å². The van der Waals surface area contributed by atoms with Gasteiger partial charge in [-0.15, -0.1) is 11.3 Å². The van der Waals surface area contributed by atoms with Crippen LogP contribution in [0, 0.1) is 23.0 Å². The summed E-state index contributed by atoms with van der Waals surface area (Å²) < 4.78 is 27.7. The zero-order valence-electron chi connectivity index (χ0n) is 17.5. The number of carbonyl (C=O) groups is 2. The van der Waals surface area contributed by atoms with Gasteiger partial charge in [-0.2, -0.15) is 5.26 Å². The Balaban J connectivity index is 1.56. The molecule has 0 saturated heterocycles. The maximum absolute atomic E-state index is 14.1. The Hall–Kier alpha value is -4.10. The predicted octanol–water partition coefficient (Wildman–Crippen LogP) is 4.22. The van der Waals surface area contributed by atoms with E-state index < -0.39 is 17.5 Å². The number of nitriles is 1. The molecule has 0 aliphatic rings. The molecule has 10 heteroatoms. The number of thiazole rings is 1. The van der Waals surface area contributed by atoms with Crippen molar-refractivity contribution < 1.29 is 18.4 Å². The summed E-state index contributed by atoms with van der Waals surface area (Å²) in [7, 11) is 0. The van der Waals surface area contributed by atoms with Crippen LogP contribution in [0.1, 0.15) is 18.2 Å². The van der Waals surface area contributed by atoms with Gasteiger partial charge in [0.05, 0.1) is 17.1 Å². The van der Waals surface area contributed by atoms with Gasteiger partial charge in [-0.1, -0.05) is 18.2 Å². The Bertz CT molecular complexity index is 1240. The number of benzene rings is 2. The number of hydrogen-bond acceptors (Lipinski definition) is 6. The highest BCUT2D eigenvalue weighted by atomic mass is 32.1. The first kappa shape index (κ1) is 23.6. The smallest absolute Gasteiger partial charge is 0.244 e. The van der Waals surface area contributed by atoms with Gasteiger partial charge in [0, 0.05) is 31.5 Å². The lowest BCUT2D eigenvalue weighted by Gasteiger charge is -2.18. The van der Waals surface area contributed by atoms with Crippen molar-refractivity contribution in [3.05, 3.63) is 76.8 Å². The Labute approximate surface area is 193 Å². The van der Waals surface area contributed by atoms with Crippen LogP contribution in [0.5, 0.6) is 0 Å². The van der Waals surface area contributed by atoms with Crippen molar-refractivity contribution in [1.82, 2.24) is 10.3 Å². The molecule has 1 aromatic heterocycles. The van der Waals surface area contributed by atoms with Crippen LogP contribution in [0.4, 0.5) is 25.3 Å². The predicted molar refractivity (Wildman–Crippen MR) is 123 cm³/mol. The highest BCUT2D eigenvalue weighted by Gasteiger charge is 2.20. The number of rotatable bonds is 8. The minimum Gasteiger partial charge on any atom is -0.382 e. The first-order valence-electron chi connectivity index (χ1n) is 9.80. The van der Waals surface area contributed by atoms with Crippen molar-refractivity contribution in [2.45, 2.75) is 6.92 Å². The van der Waals surface area contributed by atoms with E-state index in [2.05, 4.69) is 15.6 Å². The second kappa shape index (κ2) is 11.0. The second-order valence-electron chi connectivity index (χ2n) is 6.69. The molecule has 0 aliphatic carbocycles. The number of anilines is 3. The Morgan fingerprint density at radius 2 is 1.91 bits per heavy atom. The lowest BCUT2D eigenvalue weighted by Crippen LogP contribution is -2.27. The number of aromatic nitrogens is 1. The molecule has 168 valence electrons. The third-order valence-corrected chi connectivity index (χ3v) is 5.22. The summed E-state index contributed by atoms with van der Waals surface area (Å²) in [5, 5.41) is 16.5. The molecule has 0 atom stereocenters. The second-order valence-corrected chi connectivity index (χ2v) is 7.52. The Morgan fingerprint density at radius 1 is 1.15 bits per heavy atom. The van der Waals surface area contributed by atoms with Gasteiger partial charge in [-0.25, -0.2) is 13.8 Å². The van der Waals surface area contributed by atoms with E-state index in [1.54, 1.807) is 23.6 Å². The molecule has 0 radical (unpaired) electrons. The molecule has 1 heterocycles. The molecule has 33 heavy (non-hydrogen) atoms. The van der Waals surface area contributed by atoms with Crippen molar-refractivity contribution in [2.24, 2.45) is 0 Å². The number of nitrogens with zero attached hydrogens (tertiary/aromatic N) is 3. The van der Waals surface area contributed by atoms with E-state index in [-0.39, 0.29) is 35.4 Å². The molecule has 3 aromatic rings. The molecule has 0 saturated carbocycles. The zero-order valence-corrected chi connectivity index (χ0v) is 18.3. The molecule has 0 fully saturated rings.